The van der Waals surface area contributed by atoms with E-state index in [2.05, 4.69) is 30.3 Å². The minimum absolute atomic E-state index is 0.450. The molecule has 3 nitrogen and oxygen atoms in total. The first-order valence-electron chi connectivity index (χ1n) is 5.07. The van der Waals surface area contributed by atoms with Crippen molar-refractivity contribution in [2.45, 2.75) is 19.9 Å². The van der Waals surface area contributed by atoms with Gasteiger partial charge in [-0.1, -0.05) is 22.9 Å². The summed E-state index contributed by atoms with van der Waals surface area (Å²) in [6, 6.07) is 6.42. The number of rotatable bonds is 1. The van der Waals surface area contributed by atoms with E-state index in [4.69, 9.17) is 10.3 Å². The van der Waals surface area contributed by atoms with Gasteiger partial charge in [0.25, 0.3) is 0 Å². The summed E-state index contributed by atoms with van der Waals surface area (Å²) < 4.78 is 5.35. The lowest BCUT2D eigenvalue weighted by atomic mass is 10.1. The fraction of sp³-hybridized carbons (Fsp3) is 0.250. The highest BCUT2D eigenvalue weighted by atomic mass is 16.5. The van der Waals surface area contributed by atoms with Crippen molar-refractivity contribution in [2.24, 2.45) is 5.73 Å². The molecule has 1 aliphatic rings. The third kappa shape index (κ3) is 1.13. The van der Waals surface area contributed by atoms with Gasteiger partial charge in [0.2, 0.25) is 0 Å². The Morgan fingerprint density at radius 3 is 3.13 bits per heavy atom. The molecule has 0 saturated heterocycles. The van der Waals surface area contributed by atoms with Crippen molar-refractivity contribution in [3.63, 3.8) is 0 Å². The number of nitrogens with two attached hydrogens (primary N) is 1. The van der Waals surface area contributed by atoms with E-state index in [-0.39, 0.29) is 0 Å². The lowest BCUT2D eigenvalue weighted by molar-refractivity contribution is 0.424. The summed E-state index contributed by atoms with van der Waals surface area (Å²) in [7, 11) is 0. The molecular formula is C12H12N2O. The number of aryl methyl sites for hydroxylation is 1. The van der Waals surface area contributed by atoms with E-state index >= 15 is 0 Å². The molecule has 0 aliphatic heterocycles. The van der Waals surface area contributed by atoms with E-state index in [1.54, 1.807) is 0 Å². The number of hydrogen-bond acceptors (Lipinski definition) is 3. The van der Waals surface area contributed by atoms with Crippen molar-refractivity contribution < 1.29 is 4.52 Å². The van der Waals surface area contributed by atoms with Crippen molar-refractivity contribution in [3.05, 3.63) is 40.6 Å². The van der Waals surface area contributed by atoms with E-state index in [0.29, 0.717) is 6.54 Å². The normalized spacial score (nSPS) is 12.7. The molecule has 0 saturated carbocycles. The topological polar surface area (TPSA) is 52.0 Å². The van der Waals surface area contributed by atoms with Gasteiger partial charge in [-0.25, -0.2) is 0 Å². The smallest absolute Gasteiger partial charge is 0.170 e. The van der Waals surface area contributed by atoms with Gasteiger partial charge < -0.3 is 10.3 Å². The van der Waals surface area contributed by atoms with Crippen LogP contribution in [0.25, 0.3) is 11.3 Å². The quantitative estimate of drug-likeness (QED) is 0.653. The molecule has 1 heterocycles. The minimum Gasteiger partial charge on any atom is -0.356 e. The molecule has 1 aromatic heterocycles. The molecule has 3 heteroatoms. The van der Waals surface area contributed by atoms with Crippen LogP contribution in [0.5, 0.6) is 0 Å². The van der Waals surface area contributed by atoms with Crippen molar-refractivity contribution in [1.82, 2.24) is 5.16 Å². The maximum Gasteiger partial charge on any atom is 0.170 e. The van der Waals surface area contributed by atoms with Gasteiger partial charge in [0, 0.05) is 24.1 Å². The van der Waals surface area contributed by atoms with Crippen LogP contribution in [-0.2, 0) is 13.0 Å². The van der Waals surface area contributed by atoms with Crippen LogP contribution < -0.4 is 5.73 Å². The zero-order chi connectivity index (χ0) is 10.4. The third-order valence-electron chi connectivity index (χ3n) is 2.94. The molecule has 76 valence electrons. The fourth-order valence-corrected chi connectivity index (χ4v) is 2.14. The SMILES string of the molecule is Cc1ccc2c(c1)-c1onc(CN)c1C2. The summed E-state index contributed by atoms with van der Waals surface area (Å²) in [5, 5.41) is 3.98. The van der Waals surface area contributed by atoms with Gasteiger partial charge in [-0.15, -0.1) is 0 Å². The Balaban J connectivity index is 2.22. The number of hydrogen-bond donors (Lipinski definition) is 1. The van der Waals surface area contributed by atoms with E-state index in [0.717, 1.165) is 23.4 Å². The zero-order valence-electron chi connectivity index (χ0n) is 8.58. The van der Waals surface area contributed by atoms with Crippen molar-refractivity contribution in [2.75, 3.05) is 0 Å². The molecule has 0 bridgehead atoms. The Morgan fingerprint density at radius 1 is 1.47 bits per heavy atom. The van der Waals surface area contributed by atoms with Crippen molar-refractivity contribution in [1.29, 1.82) is 0 Å². The molecule has 3 rings (SSSR count). The summed E-state index contributed by atoms with van der Waals surface area (Å²) in [5.74, 6) is 0.911. The van der Waals surface area contributed by atoms with Gasteiger partial charge in [-0.3, -0.25) is 0 Å². The third-order valence-corrected chi connectivity index (χ3v) is 2.94. The molecule has 0 spiro atoms. The molecule has 0 fully saturated rings. The number of benzene rings is 1. The average molecular weight is 200 g/mol. The first-order chi connectivity index (χ1) is 7.29. The molecule has 15 heavy (non-hydrogen) atoms. The van der Waals surface area contributed by atoms with E-state index in [1.165, 1.54) is 16.7 Å². The van der Waals surface area contributed by atoms with Crippen LogP contribution >= 0.6 is 0 Å². The Morgan fingerprint density at radius 2 is 2.33 bits per heavy atom. The van der Waals surface area contributed by atoms with Crippen LogP contribution in [0.1, 0.15) is 22.4 Å². The highest BCUT2D eigenvalue weighted by Gasteiger charge is 2.25. The molecule has 1 aliphatic carbocycles. The van der Waals surface area contributed by atoms with Gasteiger partial charge in [0.15, 0.2) is 5.76 Å². The predicted molar refractivity (Wildman–Crippen MR) is 57.4 cm³/mol. The Hall–Kier alpha value is -1.61. The first-order valence-corrected chi connectivity index (χ1v) is 5.07. The summed E-state index contributed by atoms with van der Waals surface area (Å²) >= 11 is 0. The standard InChI is InChI=1S/C12H12N2O/c1-7-2-3-8-5-10-11(6-13)14-15-12(10)9(8)4-7/h2-4H,5-6,13H2,1H3. The monoisotopic (exact) mass is 200 g/mol. The Labute approximate surface area is 87.9 Å². The van der Waals surface area contributed by atoms with Crippen molar-refractivity contribution in [3.8, 4) is 11.3 Å². The summed E-state index contributed by atoms with van der Waals surface area (Å²) in [5.41, 5.74) is 11.4. The molecule has 1 aromatic carbocycles. The fourth-order valence-electron chi connectivity index (χ4n) is 2.14. The maximum absolute atomic E-state index is 5.61. The number of fused-ring (bicyclic) bond motifs is 3. The largest absolute Gasteiger partial charge is 0.356 e. The predicted octanol–water partition coefficient (Wildman–Crippen LogP) is 2.01. The summed E-state index contributed by atoms with van der Waals surface area (Å²) in [4.78, 5) is 0. The van der Waals surface area contributed by atoms with E-state index in [1.807, 2.05) is 0 Å². The number of aromatic nitrogens is 1. The Bertz CT molecular complexity index is 528. The van der Waals surface area contributed by atoms with Gasteiger partial charge in [0.05, 0.1) is 0 Å². The molecule has 0 amide bonds. The molecule has 2 aromatic rings. The molecule has 2 N–H and O–H groups in total. The second kappa shape index (κ2) is 2.94. The molecule has 0 radical (unpaired) electrons. The van der Waals surface area contributed by atoms with Gasteiger partial charge >= 0.3 is 0 Å². The lowest BCUT2D eigenvalue weighted by Crippen LogP contribution is -1.99. The zero-order valence-corrected chi connectivity index (χ0v) is 8.58. The highest BCUT2D eigenvalue weighted by molar-refractivity contribution is 5.73. The summed E-state index contributed by atoms with van der Waals surface area (Å²) in [6.45, 7) is 2.53. The van der Waals surface area contributed by atoms with Gasteiger partial charge in [0.1, 0.15) is 5.69 Å². The maximum atomic E-state index is 5.61. The molecular weight excluding hydrogens is 188 g/mol. The van der Waals surface area contributed by atoms with Crippen LogP contribution in [0.2, 0.25) is 0 Å². The number of nitrogens with zero attached hydrogens (tertiary/aromatic N) is 1. The van der Waals surface area contributed by atoms with Crippen LogP contribution in [0.3, 0.4) is 0 Å². The lowest BCUT2D eigenvalue weighted by Gasteiger charge is -1.99. The summed E-state index contributed by atoms with van der Waals surface area (Å²) in [6.07, 6.45) is 0.904. The second-order valence-electron chi connectivity index (χ2n) is 3.98. The second-order valence-corrected chi connectivity index (χ2v) is 3.98. The van der Waals surface area contributed by atoms with Gasteiger partial charge in [-0.2, -0.15) is 0 Å². The first kappa shape index (κ1) is 8.68. The molecule has 0 atom stereocenters. The highest BCUT2D eigenvalue weighted by Crippen LogP contribution is 2.38. The van der Waals surface area contributed by atoms with Crippen LogP contribution in [-0.4, -0.2) is 5.16 Å². The van der Waals surface area contributed by atoms with Gasteiger partial charge in [-0.05, 0) is 18.6 Å². The minimum atomic E-state index is 0.450. The van der Waals surface area contributed by atoms with Crippen LogP contribution in [0.15, 0.2) is 22.7 Å². The van der Waals surface area contributed by atoms with E-state index in [9.17, 15) is 0 Å². The molecule has 0 unspecified atom stereocenters. The van der Waals surface area contributed by atoms with Crippen molar-refractivity contribution >= 4 is 0 Å². The Kier molecular flexibility index (Phi) is 1.70. The van der Waals surface area contributed by atoms with Crippen LogP contribution in [0, 0.1) is 6.92 Å². The van der Waals surface area contributed by atoms with Crippen LogP contribution in [0.4, 0.5) is 0 Å². The average Bonchev–Trinajstić information content (AvgIpc) is 2.76. The van der Waals surface area contributed by atoms with E-state index < -0.39 is 0 Å².